The predicted octanol–water partition coefficient (Wildman–Crippen LogP) is 1.82. The number of halogens is 1. The smallest absolute Gasteiger partial charge is 0.293 e. The summed E-state index contributed by atoms with van der Waals surface area (Å²) in [6, 6.07) is 10.2. The van der Waals surface area contributed by atoms with Gasteiger partial charge in [0.15, 0.2) is 10.8 Å². The molecule has 1 aliphatic carbocycles. The Morgan fingerprint density at radius 2 is 1.75 bits per heavy atom. The van der Waals surface area contributed by atoms with E-state index in [0.29, 0.717) is 12.0 Å². The van der Waals surface area contributed by atoms with Crippen molar-refractivity contribution in [1.29, 1.82) is 10.5 Å². The van der Waals surface area contributed by atoms with Gasteiger partial charge >= 0.3 is 0 Å². The van der Waals surface area contributed by atoms with E-state index in [-0.39, 0.29) is 5.84 Å². The third kappa shape index (κ3) is 1.24. The molecule has 24 heavy (non-hydrogen) atoms. The van der Waals surface area contributed by atoms with Gasteiger partial charge in [0.25, 0.3) is 5.91 Å². The second-order valence-corrected chi connectivity index (χ2v) is 5.98. The van der Waals surface area contributed by atoms with Gasteiger partial charge in [-0.2, -0.15) is 10.5 Å². The van der Waals surface area contributed by atoms with Crippen molar-refractivity contribution in [2.75, 3.05) is 14.2 Å². The zero-order valence-corrected chi connectivity index (χ0v) is 13.6. The number of nitriles is 2. The molecule has 6 nitrogen and oxygen atoms in total. The summed E-state index contributed by atoms with van der Waals surface area (Å²) in [5.41, 5.74) is 2.89. The molecule has 1 aromatic carbocycles. The van der Waals surface area contributed by atoms with E-state index >= 15 is 0 Å². The molecule has 3 atom stereocenters. The number of hydrogen-bond donors (Lipinski definition) is 1. The Kier molecular flexibility index (Phi) is 3.25. The van der Waals surface area contributed by atoms with Crippen LogP contribution in [-0.4, -0.2) is 26.0 Å². The van der Waals surface area contributed by atoms with Gasteiger partial charge in [-0.1, -0.05) is 19.1 Å². The van der Waals surface area contributed by atoms with Gasteiger partial charge in [-0.25, -0.2) is 9.38 Å². The van der Waals surface area contributed by atoms with Crippen LogP contribution in [0, 0.1) is 39.3 Å². The third-order valence-corrected chi connectivity index (χ3v) is 5.66. The topological polar surface area (TPSA) is 104 Å². The number of methoxy groups -OCH3 is 2. The molecule has 0 bridgehead atoms. The lowest BCUT2D eigenvalue weighted by Gasteiger charge is -2.33. The highest BCUT2D eigenvalue weighted by molar-refractivity contribution is 6.02. The number of fused-ring (bicyclic) bond motifs is 1. The molecule has 1 aromatic rings. The van der Waals surface area contributed by atoms with Crippen LogP contribution in [0.15, 0.2) is 29.3 Å². The minimum Gasteiger partial charge on any atom is -0.386 e. The fourth-order valence-electron chi connectivity index (χ4n) is 4.74. The van der Waals surface area contributed by atoms with E-state index in [0.717, 1.165) is 0 Å². The molecule has 1 fully saturated rings. The number of benzene rings is 1. The first-order valence-electron chi connectivity index (χ1n) is 7.48. The molecule has 1 heterocycles. The molecule has 0 unspecified atom stereocenters. The molecule has 0 saturated heterocycles. The molecule has 3 rings (SSSR count). The Balaban J connectivity index is 2.38. The summed E-state index contributed by atoms with van der Waals surface area (Å²) in [7, 11) is 2.71. The van der Waals surface area contributed by atoms with Crippen molar-refractivity contribution >= 4 is 5.84 Å². The molecular formula is C17H17FN4O2. The summed E-state index contributed by atoms with van der Waals surface area (Å²) in [6.07, 6.45) is 0.407. The van der Waals surface area contributed by atoms with Crippen molar-refractivity contribution in [1.82, 2.24) is 0 Å². The molecule has 0 spiro atoms. The summed E-state index contributed by atoms with van der Waals surface area (Å²) in [4.78, 5) is 4.19. The number of aliphatic imine (C=N–C) groups is 1. The second kappa shape index (κ2) is 4.76. The Bertz CT molecular complexity index is 805. The molecule has 1 aliphatic heterocycles. The van der Waals surface area contributed by atoms with Gasteiger partial charge in [-0.05, 0) is 24.1 Å². The lowest BCUT2D eigenvalue weighted by molar-refractivity contribution is -0.234. The van der Waals surface area contributed by atoms with Crippen molar-refractivity contribution in [3.05, 3.63) is 35.6 Å². The summed E-state index contributed by atoms with van der Waals surface area (Å²) < 4.78 is 24.3. The van der Waals surface area contributed by atoms with Gasteiger partial charge in [-0.15, -0.1) is 0 Å². The van der Waals surface area contributed by atoms with Crippen molar-refractivity contribution < 1.29 is 13.9 Å². The fraction of sp³-hybridized carbons (Fsp3) is 0.471. The standard InChI is InChI=1S/C17H17FN4O2/c1-4-14(11-5-7-12(18)8-6-11)15(9-19)13(21)22-17(23-2,24-3)16(14,15)10-20/h5-8H,4H2,1-3H3,(H2,21,22)/t14-,15-,16+/m0/s1. The van der Waals surface area contributed by atoms with Gasteiger partial charge in [-0.3, -0.25) is 0 Å². The van der Waals surface area contributed by atoms with Crippen molar-refractivity contribution in [3.8, 4) is 12.1 Å². The van der Waals surface area contributed by atoms with Gasteiger partial charge < -0.3 is 15.2 Å². The number of rotatable bonds is 4. The van der Waals surface area contributed by atoms with E-state index in [9.17, 15) is 14.9 Å². The van der Waals surface area contributed by atoms with Gasteiger partial charge in [0.05, 0.1) is 17.6 Å². The maximum absolute atomic E-state index is 13.4. The predicted molar refractivity (Wildman–Crippen MR) is 82.8 cm³/mol. The number of hydrogen-bond acceptors (Lipinski definition) is 6. The zero-order chi connectivity index (χ0) is 17.8. The fourth-order valence-corrected chi connectivity index (χ4v) is 4.74. The highest BCUT2D eigenvalue weighted by atomic mass is 19.1. The van der Waals surface area contributed by atoms with Crippen LogP contribution in [0.1, 0.15) is 18.9 Å². The Morgan fingerprint density at radius 3 is 2.17 bits per heavy atom. The second-order valence-electron chi connectivity index (χ2n) is 5.98. The van der Waals surface area contributed by atoms with Crippen LogP contribution >= 0.6 is 0 Å². The Labute approximate surface area is 139 Å². The van der Waals surface area contributed by atoms with Crippen molar-refractivity contribution in [2.24, 2.45) is 21.6 Å². The summed E-state index contributed by atoms with van der Waals surface area (Å²) in [5, 5.41) is 20.1. The molecule has 0 aromatic heterocycles. The van der Waals surface area contributed by atoms with E-state index in [4.69, 9.17) is 15.2 Å². The number of nitrogens with zero attached hydrogens (tertiary/aromatic N) is 3. The van der Waals surface area contributed by atoms with Crippen LogP contribution < -0.4 is 5.73 Å². The maximum atomic E-state index is 13.4. The van der Waals surface area contributed by atoms with E-state index in [1.807, 2.05) is 6.92 Å². The normalized spacial score (nSPS) is 35.5. The van der Waals surface area contributed by atoms with Crippen LogP contribution in [0.2, 0.25) is 0 Å². The Hall–Kier alpha value is -2.48. The van der Waals surface area contributed by atoms with Crippen molar-refractivity contribution in [2.45, 2.75) is 24.7 Å². The van der Waals surface area contributed by atoms with Crippen molar-refractivity contribution in [3.63, 3.8) is 0 Å². The Morgan fingerprint density at radius 1 is 1.17 bits per heavy atom. The minimum atomic E-state index is -1.69. The SMILES string of the molecule is CC[C@]1(c2ccc(F)cc2)[C@]2(C#N)C(N)=NC(OC)(OC)[C@@]21C#N. The molecule has 2 N–H and O–H groups in total. The van der Waals surface area contributed by atoms with E-state index in [1.165, 1.54) is 26.4 Å². The van der Waals surface area contributed by atoms with E-state index in [2.05, 4.69) is 17.1 Å². The van der Waals surface area contributed by atoms with Gasteiger partial charge in [0.2, 0.25) is 0 Å². The third-order valence-electron chi connectivity index (χ3n) is 5.66. The van der Waals surface area contributed by atoms with Crippen LogP contribution in [0.5, 0.6) is 0 Å². The van der Waals surface area contributed by atoms with E-state index in [1.54, 1.807) is 12.1 Å². The van der Waals surface area contributed by atoms with Crippen LogP contribution in [0.25, 0.3) is 0 Å². The van der Waals surface area contributed by atoms with Crippen LogP contribution in [0.3, 0.4) is 0 Å². The number of ether oxygens (including phenoxy) is 2. The molecular weight excluding hydrogens is 311 g/mol. The molecule has 0 amide bonds. The van der Waals surface area contributed by atoms with Gasteiger partial charge in [0, 0.05) is 14.2 Å². The molecule has 2 aliphatic rings. The van der Waals surface area contributed by atoms with Crippen LogP contribution in [0.4, 0.5) is 4.39 Å². The molecule has 1 saturated carbocycles. The quantitative estimate of drug-likeness (QED) is 0.849. The highest BCUT2D eigenvalue weighted by Crippen LogP contribution is 2.86. The van der Waals surface area contributed by atoms with E-state index < -0.39 is 28.0 Å². The summed E-state index contributed by atoms with van der Waals surface area (Å²) >= 11 is 0. The first-order chi connectivity index (χ1) is 11.4. The monoisotopic (exact) mass is 328 g/mol. The number of nitrogens with two attached hydrogens (primary N) is 1. The average molecular weight is 328 g/mol. The average Bonchev–Trinajstić information content (AvgIpc) is 3.10. The largest absolute Gasteiger partial charge is 0.386 e. The lowest BCUT2D eigenvalue weighted by Crippen LogP contribution is -2.45. The number of amidine groups is 1. The molecule has 7 heteroatoms. The zero-order valence-electron chi connectivity index (χ0n) is 13.6. The highest BCUT2D eigenvalue weighted by Gasteiger charge is 3.00. The van der Waals surface area contributed by atoms with Gasteiger partial charge in [0.1, 0.15) is 11.7 Å². The first kappa shape index (κ1) is 16.4. The lowest BCUT2D eigenvalue weighted by atomic mass is 9.80. The first-order valence-corrected chi connectivity index (χ1v) is 7.48. The summed E-state index contributed by atoms with van der Waals surface area (Å²) in [6.45, 7) is 1.85. The molecule has 0 radical (unpaired) electrons. The van der Waals surface area contributed by atoms with Crippen LogP contribution in [-0.2, 0) is 14.9 Å². The minimum absolute atomic E-state index is 0.00132. The maximum Gasteiger partial charge on any atom is 0.293 e. The summed E-state index contributed by atoms with van der Waals surface area (Å²) in [5.74, 6) is -2.09. The molecule has 124 valence electrons.